The van der Waals surface area contributed by atoms with Crippen LogP contribution in [0.3, 0.4) is 0 Å². The minimum atomic E-state index is -0.119. The van der Waals surface area contributed by atoms with Gasteiger partial charge in [-0.15, -0.1) is 0 Å². The molecule has 0 radical (unpaired) electrons. The largest absolute Gasteiger partial charge is 0.497 e. The third kappa shape index (κ3) is 2.64. The van der Waals surface area contributed by atoms with Crippen molar-refractivity contribution in [3.63, 3.8) is 0 Å². The Labute approximate surface area is 140 Å². The first-order chi connectivity index (χ1) is 6.36. The van der Waals surface area contributed by atoms with Crippen LogP contribution in [-0.4, -0.2) is 11.2 Å². The molecule has 3 heteroatoms. The minimum Gasteiger partial charge on any atom is -0.497 e. The van der Waals surface area contributed by atoms with Crippen LogP contribution in [0.4, 0.5) is 0 Å². The van der Waals surface area contributed by atoms with Gasteiger partial charge in [0.1, 0.15) is 0 Å². The van der Waals surface area contributed by atoms with Gasteiger partial charge in [0.05, 0.1) is 0 Å². The van der Waals surface area contributed by atoms with E-state index in [2.05, 4.69) is 18.6 Å². The molecule has 5 atom stereocenters. The number of aliphatic hydroxyl groups excluding tert-OH is 1. The van der Waals surface area contributed by atoms with Crippen molar-refractivity contribution in [1.29, 1.82) is 0 Å². The second kappa shape index (κ2) is 6.11. The Morgan fingerprint density at radius 3 is 2.87 bits per heavy atom. The molecule has 2 fully saturated rings. The number of hydrogen-bond donors (Lipinski definition) is 1. The van der Waals surface area contributed by atoms with E-state index in [9.17, 15) is 5.11 Å². The summed E-state index contributed by atoms with van der Waals surface area (Å²) in [7, 11) is 0. The van der Waals surface area contributed by atoms with E-state index in [1.54, 1.807) is 0 Å². The van der Waals surface area contributed by atoms with Crippen LogP contribution in [-0.2, 0) is 0 Å². The molecule has 0 amide bonds. The molecule has 0 bridgehead atoms. The summed E-state index contributed by atoms with van der Waals surface area (Å²) in [5.41, 5.74) is 0. The van der Waals surface area contributed by atoms with E-state index < -0.39 is 0 Å². The molecule has 0 aromatic heterocycles. The monoisotopic (exact) mass is 652 g/mol. The van der Waals surface area contributed by atoms with E-state index in [0.29, 0.717) is 17.8 Å². The average molecular weight is 652 g/mol. The fraction of sp³-hybridized carbons (Fsp3) is 0.750. The molecule has 2 saturated carbocycles. The molecule has 1 nitrogen and oxygen atoms in total. The summed E-state index contributed by atoms with van der Waals surface area (Å²) in [6.07, 6.45) is 12.7. The van der Waals surface area contributed by atoms with Gasteiger partial charge < -0.3 is 11.2 Å². The van der Waals surface area contributed by atoms with E-state index in [0.717, 1.165) is 12.3 Å². The standard InChI is InChI=1S/C12H16O.2U/c13-11-7-9-5-1-3-8-4-2-6-10(11)12(8)9;;/h1,7-13H,2,4-6H2;;/q-2;;. The van der Waals surface area contributed by atoms with E-state index in [1.165, 1.54) is 19.3 Å². The van der Waals surface area contributed by atoms with Crippen LogP contribution >= 0.6 is 0 Å². The van der Waals surface area contributed by atoms with Crippen LogP contribution in [0.1, 0.15) is 25.7 Å². The van der Waals surface area contributed by atoms with Crippen LogP contribution in [0, 0.1) is 98.4 Å². The predicted molar refractivity (Wildman–Crippen MR) is 50.5 cm³/mol. The SMILES string of the molecule is OC1[CH-]C2CC=[C-]C3CCCC1C32.[U].[U]. The summed E-state index contributed by atoms with van der Waals surface area (Å²) in [4.78, 5) is 0. The van der Waals surface area contributed by atoms with Crippen molar-refractivity contribution in [2.24, 2.45) is 23.7 Å². The molecule has 0 spiro atoms. The van der Waals surface area contributed by atoms with Crippen molar-refractivity contribution in [1.82, 2.24) is 0 Å². The molecule has 3 aliphatic carbocycles. The number of hydrogen-bond acceptors (Lipinski definition) is 1. The Balaban J connectivity index is 0.000000562. The van der Waals surface area contributed by atoms with Crippen LogP contribution in [0.15, 0.2) is 6.08 Å². The molecule has 3 aliphatic rings. The number of rotatable bonds is 0. The molecule has 80 valence electrons. The van der Waals surface area contributed by atoms with Gasteiger partial charge in [-0.3, -0.25) is 12.5 Å². The second-order valence-electron chi connectivity index (χ2n) is 4.73. The summed E-state index contributed by atoms with van der Waals surface area (Å²) < 4.78 is 0. The van der Waals surface area contributed by atoms with Crippen molar-refractivity contribution in [2.45, 2.75) is 31.8 Å². The topological polar surface area (TPSA) is 20.2 Å². The molecule has 0 heterocycles. The Morgan fingerprint density at radius 2 is 2.07 bits per heavy atom. The van der Waals surface area contributed by atoms with E-state index in [4.69, 9.17) is 0 Å². The molecular weight excluding hydrogens is 636 g/mol. The molecule has 0 saturated heterocycles. The van der Waals surface area contributed by atoms with Crippen molar-refractivity contribution < 1.29 is 67.3 Å². The van der Waals surface area contributed by atoms with Gasteiger partial charge >= 0.3 is 0 Å². The van der Waals surface area contributed by atoms with E-state index in [-0.39, 0.29) is 68.3 Å². The molecule has 1 N–H and O–H groups in total. The van der Waals surface area contributed by atoms with Crippen molar-refractivity contribution in [3.05, 3.63) is 18.6 Å². The molecule has 0 aliphatic heterocycles. The van der Waals surface area contributed by atoms with Gasteiger partial charge in [-0.2, -0.15) is 11.8 Å². The molecule has 5 unspecified atom stereocenters. The molecule has 15 heavy (non-hydrogen) atoms. The Kier molecular flexibility index (Phi) is 6.06. The quantitative estimate of drug-likeness (QED) is 0.398. The van der Waals surface area contributed by atoms with E-state index in [1.807, 2.05) is 0 Å². The first-order valence-corrected chi connectivity index (χ1v) is 5.47. The van der Waals surface area contributed by atoms with Crippen LogP contribution in [0.25, 0.3) is 0 Å². The fourth-order valence-electron chi connectivity index (χ4n) is 3.58. The summed E-state index contributed by atoms with van der Waals surface area (Å²) in [6, 6.07) is 0. The maximum Gasteiger partial charge on any atom is 0 e. The maximum absolute atomic E-state index is 9.87. The van der Waals surface area contributed by atoms with Gasteiger partial charge in [0.15, 0.2) is 0 Å². The third-order valence-electron chi connectivity index (χ3n) is 4.11. The van der Waals surface area contributed by atoms with Crippen molar-refractivity contribution in [3.8, 4) is 0 Å². The summed E-state index contributed by atoms with van der Waals surface area (Å²) in [5, 5.41) is 9.87. The fourth-order valence-corrected chi connectivity index (χ4v) is 3.58. The Hall–Kier alpha value is 1.80. The molecule has 0 aromatic rings. The zero-order valence-electron chi connectivity index (χ0n) is 8.82. The summed E-state index contributed by atoms with van der Waals surface area (Å²) in [5.74, 6) is 2.61. The van der Waals surface area contributed by atoms with Crippen molar-refractivity contribution >= 4 is 0 Å². The summed E-state index contributed by atoms with van der Waals surface area (Å²) >= 11 is 0. The van der Waals surface area contributed by atoms with Gasteiger partial charge in [0.25, 0.3) is 0 Å². The van der Waals surface area contributed by atoms with Crippen molar-refractivity contribution in [2.75, 3.05) is 0 Å². The first-order valence-electron chi connectivity index (χ1n) is 5.47. The van der Waals surface area contributed by atoms with Crippen LogP contribution in [0.5, 0.6) is 0 Å². The van der Waals surface area contributed by atoms with Gasteiger partial charge in [-0.05, 0) is 5.92 Å². The zero-order chi connectivity index (χ0) is 8.84. The minimum absolute atomic E-state index is 0. The first kappa shape index (κ1) is 14.9. The summed E-state index contributed by atoms with van der Waals surface area (Å²) in [6.45, 7) is 0. The Bertz CT molecular complexity index is 242. The van der Waals surface area contributed by atoms with Gasteiger partial charge in [-0.25, -0.2) is 0 Å². The van der Waals surface area contributed by atoms with Gasteiger partial charge in [0.2, 0.25) is 0 Å². The zero-order valence-corrected chi connectivity index (χ0v) is 17.1. The van der Waals surface area contributed by atoms with Gasteiger partial charge in [0, 0.05) is 62.2 Å². The van der Waals surface area contributed by atoms with Crippen LogP contribution < -0.4 is 0 Å². The van der Waals surface area contributed by atoms with E-state index >= 15 is 0 Å². The van der Waals surface area contributed by atoms with Gasteiger partial charge in [-0.1, -0.05) is 37.7 Å². The average Bonchev–Trinajstić information content (AvgIpc) is 2.47. The molecular formula is C12H16OU2-2. The number of allylic oxidation sites excluding steroid dienone is 2. The maximum atomic E-state index is 9.87. The molecule has 0 aromatic carbocycles. The predicted octanol–water partition coefficient (Wildman–Crippen LogP) is 1.98. The smallest absolute Gasteiger partial charge is 0 e. The second-order valence-corrected chi connectivity index (χ2v) is 4.73. The number of aliphatic hydroxyl groups is 1. The Morgan fingerprint density at radius 1 is 1.27 bits per heavy atom. The normalized spacial score (nSPS) is 46.3. The van der Waals surface area contributed by atoms with Crippen LogP contribution in [0.2, 0.25) is 0 Å². The molecule has 3 rings (SSSR count). The third-order valence-corrected chi connectivity index (χ3v) is 4.11.